The van der Waals surface area contributed by atoms with Gasteiger partial charge in [-0.1, -0.05) is 12.1 Å². The van der Waals surface area contributed by atoms with Crippen molar-refractivity contribution in [2.45, 2.75) is 18.7 Å². The number of hydrogen-bond acceptors (Lipinski definition) is 6. The fourth-order valence-corrected chi connectivity index (χ4v) is 3.92. The van der Waals surface area contributed by atoms with Crippen molar-refractivity contribution in [3.05, 3.63) is 59.2 Å². The Bertz CT molecular complexity index is 1240. The first kappa shape index (κ1) is 21.3. The average molecular weight is 423 g/mol. The molecule has 1 aromatic heterocycles. The number of aryl methyl sites for hydroxylation is 2. The Morgan fingerprint density at radius 3 is 2.03 bits per heavy atom. The highest BCUT2D eigenvalue weighted by atomic mass is 32.2. The van der Waals surface area contributed by atoms with Crippen molar-refractivity contribution in [2.24, 2.45) is 5.14 Å². The molecule has 154 valence electrons. The molecule has 0 spiro atoms. The maximum Gasteiger partial charge on any atom is 0.238 e. The van der Waals surface area contributed by atoms with Gasteiger partial charge in [-0.3, -0.25) is 0 Å². The Balaban J connectivity index is 2.29. The van der Waals surface area contributed by atoms with Gasteiger partial charge in [0.25, 0.3) is 0 Å². The van der Waals surface area contributed by atoms with Crippen LogP contribution in [0.25, 0.3) is 22.4 Å². The van der Waals surface area contributed by atoms with Crippen LogP contribution in [-0.4, -0.2) is 27.6 Å². The maximum absolute atomic E-state index is 11.6. The minimum absolute atomic E-state index is 0.00548. The lowest BCUT2D eigenvalue weighted by Crippen LogP contribution is -2.11. The summed E-state index contributed by atoms with van der Waals surface area (Å²) in [5.41, 5.74) is 4.92. The second-order valence-corrected chi connectivity index (χ2v) is 8.33. The van der Waals surface area contributed by atoms with E-state index in [1.165, 1.54) is 19.2 Å². The van der Waals surface area contributed by atoms with Crippen LogP contribution >= 0.6 is 0 Å². The molecule has 7 nitrogen and oxygen atoms in total. The molecule has 0 radical (unpaired) electrons. The van der Waals surface area contributed by atoms with Crippen LogP contribution in [0.3, 0.4) is 0 Å². The van der Waals surface area contributed by atoms with Gasteiger partial charge >= 0.3 is 0 Å². The van der Waals surface area contributed by atoms with Gasteiger partial charge in [0.2, 0.25) is 15.9 Å². The highest BCUT2D eigenvalue weighted by Gasteiger charge is 2.18. The SMILES string of the molecule is COc1nc(-c2cc(C)c(OC)c(C)c2)c(-c2ccc(S(N)(=O)=O)cc2)cc1C#N. The molecule has 30 heavy (non-hydrogen) atoms. The molecule has 0 aliphatic carbocycles. The van der Waals surface area contributed by atoms with Crippen molar-refractivity contribution in [2.75, 3.05) is 14.2 Å². The molecule has 0 amide bonds. The minimum atomic E-state index is -3.81. The van der Waals surface area contributed by atoms with Crippen LogP contribution in [0, 0.1) is 25.2 Å². The zero-order chi connectivity index (χ0) is 22.1. The summed E-state index contributed by atoms with van der Waals surface area (Å²) in [7, 11) is -0.730. The van der Waals surface area contributed by atoms with E-state index in [4.69, 9.17) is 14.6 Å². The monoisotopic (exact) mass is 423 g/mol. The fraction of sp³-hybridized carbons (Fsp3) is 0.182. The molecule has 0 atom stereocenters. The lowest BCUT2D eigenvalue weighted by atomic mass is 9.95. The summed E-state index contributed by atoms with van der Waals surface area (Å²) < 4.78 is 33.9. The Morgan fingerprint density at radius 2 is 1.57 bits per heavy atom. The molecule has 3 aromatic rings. The number of primary sulfonamides is 1. The molecule has 2 N–H and O–H groups in total. The molecular weight excluding hydrogens is 402 g/mol. The molecule has 0 saturated carbocycles. The van der Waals surface area contributed by atoms with Crippen molar-refractivity contribution in [1.82, 2.24) is 4.98 Å². The quantitative estimate of drug-likeness (QED) is 0.671. The van der Waals surface area contributed by atoms with E-state index in [1.54, 1.807) is 25.3 Å². The van der Waals surface area contributed by atoms with E-state index in [9.17, 15) is 13.7 Å². The van der Waals surface area contributed by atoms with Crippen LogP contribution in [-0.2, 0) is 10.0 Å². The Labute approximate surface area is 175 Å². The van der Waals surface area contributed by atoms with Gasteiger partial charge in [0, 0.05) is 11.1 Å². The number of pyridine rings is 1. The minimum Gasteiger partial charge on any atom is -0.496 e. The van der Waals surface area contributed by atoms with Crippen molar-refractivity contribution in [3.63, 3.8) is 0 Å². The number of sulfonamides is 1. The number of benzene rings is 2. The first-order chi connectivity index (χ1) is 14.2. The van der Waals surface area contributed by atoms with Crippen molar-refractivity contribution in [1.29, 1.82) is 5.26 Å². The van der Waals surface area contributed by atoms with Gasteiger partial charge in [-0.15, -0.1) is 0 Å². The molecule has 0 fully saturated rings. The number of nitrogens with zero attached hydrogens (tertiary/aromatic N) is 2. The van der Waals surface area contributed by atoms with Gasteiger partial charge in [-0.2, -0.15) is 5.26 Å². The lowest BCUT2D eigenvalue weighted by molar-refractivity contribution is 0.397. The van der Waals surface area contributed by atoms with Gasteiger partial charge in [0.1, 0.15) is 17.4 Å². The normalized spacial score (nSPS) is 11.1. The van der Waals surface area contributed by atoms with Gasteiger partial charge in [-0.25, -0.2) is 18.5 Å². The van der Waals surface area contributed by atoms with Gasteiger partial charge in [-0.05, 0) is 60.9 Å². The van der Waals surface area contributed by atoms with E-state index in [0.717, 1.165) is 22.4 Å². The molecule has 0 saturated heterocycles. The average Bonchev–Trinajstić information content (AvgIpc) is 2.72. The number of methoxy groups -OCH3 is 2. The predicted molar refractivity (Wildman–Crippen MR) is 114 cm³/mol. The topological polar surface area (TPSA) is 115 Å². The van der Waals surface area contributed by atoms with Crippen molar-refractivity contribution >= 4 is 10.0 Å². The predicted octanol–water partition coefficient (Wildman–Crippen LogP) is 3.57. The molecule has 0 bridgehead atoms. The summed E-state index contributed by atoms with van der Waals surface area (Å²) in [6.45, 7) is 3.88. The second kappa shape index (κ2) is 8.14. The van der Waals surface area contributed by atoms with Crippen molar-refractivity contribution in [3.8, 4) is 40.1 Å². The van der Waals surface area contributed by atoms with Gasteiger partial charge < -0.3 is 9.47 Å². The van der Waals surface area contributed by atoms with E-state index in [2.05, 4.69) is 11.1 Å². The van der Waals surface area contributed by atoms with E-state index in [1.807, 2.05) is 26.0 Å². The largest absolute Gasteiger partial charge is 0.496 e. The number of hydrogen-bond donors (Lipinski definition) is 1. The number of aromatic nitrogens is 1. The van der Waals surface area contributed by atoms with Crippen LogP contribution in [0.5, 0.6) is 11.6 Å². The number of nitrogens with two attached hydrogens (primary N) is 1. The highest BCUT2D eigenvalue weighted by Crippen LogP contribution is 2.37. The third-order valence-electron chi connectivity index (χ3n) is 4.73. The third-order valence-corrected chi connectivity index (χ3v) is 5.66. The molecule has 0 aliphatic heterocycles. The zero-order valence-electron chi connectivity index (χ0n) is 17.1. The number of rotatable bonds is 5. The molecular formula is C22H21N3O4S. The van der Waals surface area contributed by atoms with E-state index in [-0.39, 0.29) is 16.3 Å². The van der Waals surface area contributed by atoms with Gasteiger partial charge in [0.05, 0.1) is 24.8 Å². The van der Waals surface area contributed by atoms with E-state index < -0.39 is 10.0 Å². The van der Waals surface area contributed by atoms with E-state index in [0.29, 0.717) is 16.8 Å². The second-order valence-electron chi connectivity index (χ2n) is 6.77. The first-order valence-corrected chi connectivity index (χ1v) is 10.5. The molecule has 8 heteroatoms. The molecule has 3 rings (SSSR count). The number of nitriles is 1. The molecule has 0 aliphatic rings. The summed E-state index contributed by atoms with van der Waals surface area (Å²) in [4.78, 5) is 4.59. The number of ether oxygens (including phenoxy) is 2. The van der Waals surface area contributed by atoms with Crippen LogP contribution in [0.15, 0.2) is 47.4 Å². The Hall–Kier alpha value is -3.41. The summed E-state index contributed by atoms with van der Waals surface area (Å²) in [5.74, 6) is 1.00. The maximum atomic E-state index is 11.6. The summed E-state index contributed by atoms with van der Waals surface area (Å²) in [5, 5.41) is 14.7. The fourth-order valence-electron chi connectivity index (χ4n) is 3.41. The molecule has 1 heterocycles. The Morgan fingerprint density at radius 1 is 0.967 bits per heavy atom. The van der Waals surface area contributed by atoms with Crippen LogP contribution in [0.1, 0.15) is 16.7 Å². The Kier molecular flexibility index (Phi) is 5.78. The summed E-state index contributed by atoms with van der Waals surface area (Å²) in [6, 6.07) is 13.8. The summed E-state index contributed by atoms with van der Waals surface area (Å²) in [6.07, 6.45) is 0. The van der Waals surface area contributed by atoms with Crippen LogP contribution in [0.2, 0.25) is 0 Å². The molecule has 0 unspecified atom stereocenters. The molecule has 2 aromatic carbocycles. The smallest absolute Gasteiger partial charge is 0.238 e. The van der Waals surface area contributed by atoms with Crippen LogP contribution < -0.4 is 14.6 Å². The third kappa shape index (κ3) is 3.99. The first-order valence-electron chi connectivity index (χ1n) is 8.97. The standard InChI is InChI=1S/C22H21N3O4S/c1-13-9-16(10-14(2)21(13)28-3)20-19(11-17(12-23)22(25-20)29-4)15-5-7-18(8-6-15)30(24,26)27/h5-11H,1-4H3,(H2,24,26,27). The van der Waals surface area contributed by atoms with Gasteiger partial charge in [0.15, 0.2) is 0 Å². The lowest BCUT2D eigenvalue weighted by Gasteiger charge is -2.16. The highest BCUT2D eigenvalue weighted by molar-refractivity contribution is 7.89. The summed E-state index contributed by atoms with van der Waals surface area (Å²) >= 11 is 0. The van der Waals surface area contributed by atoms with Crippen molar-refractivity contribution < 1.29 is 17.9 Å². The van der Waals surface area contributed by atoms with E-state index >= 15 is 0 Å². The zero-order valence-corrected chi connectivity index (χ0v) is 17.9. The van der Waals surface area contributed by atoms with Crippen LogP contribution in [0.4, 0.5) is 0 Å².